The highest BCUT2D eigenvalue weighted by Gasteiger charge is 2.67. The Morgan fingerprint density at radius 3 is 2.72 bits per heavy atom. The summed E-state index contributed by atoms with van der Waals surface area (Å²) in [5.74, 6) is 0.514. The van der Waals surface area contributed by atoms with Gasteiger partial charge in [-0.05, 0) is 71.1 Å². The fraction of sp³-hybridized carbons (Fsp3) is 0.857. The highest BCUT2D eigenvalue weighted by molar-refractivity contribution is 5.81. The van der Waals surface area contributed by atoms with E-state index in [0.29, 0.717) is 12.3 Å². The van der Waals surface area contributed by atoms with Gasteiger partial charge in [0.25, 0.3) is 0 Å². The third-order valence-corrected chi connectivity index (χ3v) is 7.29. The van der Waals surface area contributed by atoms with Gasteiger partial charge < -0.3 is 14.6 Å². The molecule has 1 aliphatic carbocycles. The van der Waals surface area contributed by atoms with Gasteiger partial charge in [0.1, 0.15) is 6.10 Å². The Bertz CT molecular complexity index is 574. The predicted molar refractivity (Wildman–Crippen MR) is 94.9 cm³/mol. The van der Waals surface area contributed by atoms with Crippen LogP contribution in [0.5, 0.6) is 0 Å². The molecule has 4 rings (SSSR count). The molecule has 140 valence electrons. The first-order valence-corrected chi connectivity index (χ1v) is 10.1. The van der Waals surface area contributed by atoms with E-state index in [1.165, 1.54) is 5.57 Å². The van der Waals surface area contributed by atoms with Crippen LogP contribution in [0.2, 0.25) is 0 Å². The highest BCUT2D eigenvalue weighted by atomic mass is 16.6. The molecule has 0 aromatic rings. The largest absolute Gasteiger partial charge is 0.459 e. The number of aliphatic hydroxyl groups is 1. The van der Waals surface area contributed by atoms with E-state index in [9.17, 15) is 9.90 Å². The van der Waals surface area contributed by atoms with Gasteiger partial charge in [-0.2, -0.15) is 0 Å². The van der Waals surface area contributed by atoms with Crippen molar-refractivity contribution in [3.05, 3.63) is 11.6 Å². The minimum Gasteiger partial charge on any atom is -0.459 e. The van der Waals surface area contributed by atoms with E-state index in [1.54, 1.807) is 0 Å². The second-order valence-corrected chi connectivity index (χ2v) is 9.27. The molecule has 25 heavy (non-hydrogen) atoms. The number of carbonyl (C=O) groups is 1. The molecule has 3 heterocycles. The maximum atomic E-state index is 12.7. The monoisotopic (exact) mass is 348 g/mol. The second-order valence-electron chi connectivity index (χ2n) is 9.27. The molecular formula is C21H32O4. The lowest BCUT2D eigenvalue weighted by Crippen LogP contribution is -2.51. The number of carbonyl (C=O) groups excluding carboxylic acids is 1. The van der Waals surface area contributed by atoms with Crippen LogP contribution in [0.1, 0.15) is 72.1 Å². The predicted octanol–water partition coefficient (Wildman–Crippen LogP) is 3.76. The Morgan fingerprint density at radius 1 is 1.24 bits per heavy atom. The lowest BCUT2D eigenvalue weighted by molar-refractivity contribution is -0.194. The van der Waals surface area contributed by atoms with E-state index < -0.39 is 5.60 Å². The highest BCUT2D eigenvalue weighted by Crippen LogP contribution is 2.62. The molecule has 0 aromatic heterocycles. The molecule has 2 bridgehead atoms. The van der Waals surface area contributed by atoms with Crippen molar-refractivity contribution in [3.8, 4) is 0 Å². The molecular weight excluding hydrogens is 316 g/mol. The molecule has 1 spiro atoms. The zero-order valence-corrected chi connectivity index (χ0v) is 15.8. The number of hydrogen-bond donors (Lipinski definition) is 1. The maximum absolute atomic E-state index is 12.7. The molecule has 1 saturated carbocycles. The molecule has 2 saturated heterocycles. The summed E-state index contributed by atoms with van der Waals surface area (Å²) in [6.45, 7) is 6.26. The summed E-state index contributed by atoms with van der Waals surface area (Å²) < 4.78 is 12.4. The average molecular weight is 348 g/mol. The van der Waals surface area contributed by atoms with Crippen molar-refractivity contribution in [2.45, 2.75) is 96.1 Å². The van der Waals surface area contributed by atoms with Gasteiger partial charge in [-0.1, -0.05) is 18.6 Å². The average Bonchev–Trinajstić information content (AvgIpc) is 3.21. The fourth-order valence-electron chi connectivity index (χ4n) is 5.30. The third kappa shape index (κ3) is 2.95. The molecule has 4 aliphatic rings. The zero-order chi connectivity index (χ0) is 17.8. The van der Waals surface area contributed by atoms with Crippen LogP contribution in [-0.4, -0.2) is 35.0 Å². The number of fused-ring (bicyclic) bond motifs is 2. The van der Waals surface area contributed by atoms with E-state index in [-0.39, 0.29) is 35.6 Å². The lowest BCUT2D eigenvalue weighted by Gasteiger charge is -2.40. The Balaban J connectivity index is 1.64. The Kier molecular flexibility index (Phi) is 4.27. The normalized spacial score (nSPS) is 48.6. The smallest absolute Gasteiger partial charge is 0.312 e. The van der Waals surface area contributed by atoms with Gasteiger partial charge in [-0.25, -0.2) is 0 Å². The van der Waals surface area contributed by atoms with Crippen LogP contribution in [-0.2, 0) is 14.3 Å². The lowest BCUT2D eigenvalue weighted by atomic mass is 9.74. The van der Waals surface area contributed by atoms with Crippen molar-refractivity contribution in [1.29, 1.82) is 0 Å². The Labute approximate surface area is 151 Å². The van der Waals surface area contributed by atoms with Crippen LogP contribution >= 0.6 is 0 Å². The number of allylic oxidation sites excluding steroid dienone is 2. The van der Waals surface area contributed by atoms with Gasteiger partial charge in [-0.3, -0.25) is 4.79 Å². The molecule has 0 unspecified atom stereocenters. The standard InChI is InChI=1S/C21H32O4/c1-13-6-4-8-14(2)17-18-15(21(10-11-21)19(22)25-17)12-16(24-18)20(3,23)9-5-7-13/h7,14-18,23H,4-6,8-12H2,1-3H3/b13-7+/t14-,15+,16-,17+,18+,20+/m0/s1. The Hall–Kier alpha value is -0.870. The van der Waals surface area contributed by atoms with Gasteiger partial charge >= 0.3 is 5.97 Å². The molecule has 3 fully saturated rings. The zero-order valence-electron chi connectivity index (χ0n) is 15.8. The first-order chi connectivity index (χ1) is 11.8. The van der Waals surface area contributed by atoms with Crippen molar-refractivity contribution in [2.75, 3.05) is 0 Å². The summed E-state index contributed by atoms with van der Waals surface area (Å²) >= 11 is 0. The molecule has 6 atom stereocenters. The third-order valence-electron chi connectivity index (χ3n) is 7.29. The fourth-order valence-corrected chi connectivity index (χ4v) is 5.30. The van der Waals surface area contributed by atoms with Crippen molar-refractivity contribution < 1.29 is 19.4 Å². The van der Waals surface area contributed by atoms with Crippen LogP contribution in [0, 0.1) is 17.3 Å². The van der Waals surface area contributed by atoms with E-state index in [1.807, 2.05) is 6.92 Å². The van der Waals surface area contributed by atoms with E-state index in [0.717, 1.165) is 44.9 Å². The van der Waals surface area contributed by atoms with Gasteiger partial charge in [0, 0.05) is 5.92 Å². The molecule has 3 aliphatic heterocycles. The molecule has 0 aromatic carbocycles. The van der Waals surface area contributed by atoms with E-state index in [2.05, 4.69) is 19.9 Å². The molecule has 4 nitrogen and oxygen atoms in total. The molecule has 4 heteroatoms. The molecule has 1 N–H and O–H groups in total. The van der Waals surface area contributed by atoms with Gasteiger partial charge in [0.15, 0.2) is 0 Å². The summed E-state index contributed by atoms with van der Waals surface area (Å²) in [6.07, 6.45) is 9.34. The van der Waals surface area contributed by atoms with Crippen LogP contribution in [0.3, 0.4) is 0 Å². The summed E-state index contributed by atoms with van der Waals surface area (Å²) in [4.78, 5) is 12.7. The van der Waals surface area contributed by atoms with Crippen LogP contribution in [0.25, 0.3) is 0 Å². The molecule has 0 radical (unpaired) electrons. The van der Waals surface area contributed by atoms with E-state index in [4.69, 9.17) is 9.47 Å². The quantitative estimate of drug-likeness (QED) is 0.535. The SMILES string of the molecule is C/C1=C\CC[C@@](C)(O)[C@@H]2C[C@@H]3[C@@H](O2)[C@H](OC(=O)C32CC2)[C@@H](C)CCC1. The van der Waals surface area contributed by atoms with E-state index >= 15 is 0 Å². The van der Waals surface area contributed by atoms with Crippen molar-refractivity contribution in [2.24, 2.45) is 17.3 Å². The van der Waals surface area contributed by atoms with Crippen LogP contribution < -0.4 is 0 Å². The van der Waals surface area contributed by atoms with Crippen molar-refractivity contribution in [1.82, 2.24) is 0 Å². The second kappa shape index (κ2) is 6.09. The van der Waals surface area contributed by atoms with Gasteiger partial charge in [0.05, 0.1) is 23.2 Å². The van der Waals surface area contributed by atoms with Gasteiger partial charge in [-0.15, -0.1) is 0 Å². The summed E-state index contributed by atoms with van der Waals surface area (Å²) in [6, 6.07) is 0. The van der Waals surface area contributed by atoms with Crippen molar-refractivity contribution in [3.63, 3.8) is 0 Å². The summed E-state index contributed by atoms with van der Waals surface area (Å²) in [5.41, 5.74) is 0.234. The Morgan fingerprint density at radius 2 is 2.00 bits per heavy atom. The number of hydrogen-bond acceptors (Lipinski definition) is 4. The van der Waals surface area contributed by atoms with Crippen molar-refractivity contribution >= 4 is 5.97 Å². The molecule has 0 amide bonds. The number of ether oxygens (including phenoxy) is 2. The van der Waals surface area contributed by atoms with Crippen LogP contribution in [0.4, 0.5) is 0 Å². The minimum atomic E-state index is -0.852. The first-order valence-electron chi connectivity index (χ1n) is 10.1. The van der Waals surface area contributed by atoms with Crippen LogP contribution in [0.15, 0.2) is 11.6 Å². The number of rotatable bonds is 0. The maximum Gasteiger partial charge on any atom is 0.312 e. The first kappa shape index (κ1) is 17.5. The summed E-state index contributed by atoms with van der Waals surface area (Å²) in [5, 5.41) is 11.1. The number of esters is 1. The minimum absolute atomic E-state index is 0.00216. The topological polar surface area (TPSA) is 55.8 Å². The summed E-state index contributed by atoms with van der Waals surface area (Å²) in [7, 11) is 0. The van der Waals surface area contributed by atoms with Gasteiger partial charge in [0.2, 0.25) is 0 Å².